The minimum absolute atomic E-state index is 0.0625. The standard InChI is InChI=1S/C14H19N3O/c1-9(2)15-13-16-12(18)14(4,17-13)11-7-5-6-10(3)8-11/h5-9H,1-4H3,(H2,15,16,17,18). The molecule has 0 radical (unpaired) electrons. The van der Waals surface area contributed by atoms with Crippen molar-refractivity contribution in [1.29, 1.82) is 0 Å². The number of rotatable bonds is 2. The normalized spacial score (nSPS) is 25.4. The molecule has 0 bridgehead atoms. The number of benzene rings is 1. The molecule has 1 amide bonds. The molecule has 0 aromatic heterocycles. The number of nitrogens with one attached hydrogen (secondary N) is 2. The first-order valence-electron chi connectivity index (χ1n) is 6.16. The molecule has 1 aliphatic rings. The van der Waals surface area contributed by atoms with E-state index in [2.05, 4.69) is 15.6 Å². The summed E-state index contributed by atoms with van der Waals surface area (Å²) < 4.78 is 0. The van der Waals surface area contributed by atoms with Gasteiger partial charge in [-0.25, -0.2) is 0 Å². The molecule has 1 aromatic rings. The van der Waals surface area contributed by atoms with Crippen LogP contribution >= 0.6 is 0 Å². The van der Waals surface area contributed by atoms with Gasteiger partial charge in [0.25, 0.3) is 5.91 Å². The molecular formula is C14H19N3O. The lowest BCUT2D eigenvalue weighted by atomic mass is 9.91. The number of hydrogen-bond acceptors (Lipinski definition) is 2. The summed E-state index contributed by atoms with van der Waals surface area (Å²) in [4.78, 5) is 16.5. The Morgan fingerprint density at radius 2 is 2.06 bits per heavy atom. The Balaban J connectivity index is 2.35. The molecule has 2 rings (SSSR count). The molecule has 0 aliphatic carbocycles. The average molecular weight is 245 g/mol. The summed E-state index contributed by atoms with van der Waals surface area (Å²) in [6.07, 6.45) is 0. The van der Waals surface area contributed by atoms with Gasteiger partial charge in [0.2, 0.25) is 0 Å². The number of guanidine groups is 1. The van der Waals surface area contributed by atoms with E-state index in [1.807, 2.05) is 52.0 Å². The Bertz CT molecular complexity index is 508. The summed E-state index contributed by atoms with van der Waals surface area (Å²) >= 11 is 0. The van der Waals surface area contributed by atoms with Crippen LogP contribution in [0.4, 0.5) is 0 Å². The van der Waals surface area contributed by atoms with Crippen molar-refractivity contribution in [2.45, 2.75) is 39.3 Å². The van der Waals surface area contributed by atoms with Crippen molar-refractivity contribution < 1.29 is 4.79 Å². The van der Waals surface area contributed by atoms with Crippen molar-refractivity contribution in [1.82, 2.24) is 10.6 Å². The highest BCUT2D eigenvalue weighted by atomic mass is 16.2. The fraction of sp³-hybridized carbons (Fsp3) is 0.429. The van der Waals surface area contributed by atoms with Gasteiger partial charge in [0.05, 0.1) is 0 Å². The molecule has 4 heteroatoms. The van der Waals surface area contributed by atoms with Gasteiger partial charge < -0.3 is 5.32 Å². The van der Waals surface area contributed by atoms with Crippen molar-refractivity contribution in [2.24, 2.45) is 4.99 Å². The minimum atomic E-state index is -0.736. The van der Waals surface area contributed by atoms with Crippen molar-refractivity contribution in [2.75, 3.05) is 0 Å². The van der Waals surface area contributed by atoms with E-state index in [0.717, 1.165) is 11.1 Å². The van der Waals surface area contributed by atoms with Gasteiger partial charge >= 0.3 is 0 Å². The average Bonchev–Trinajstić information content (AvgIpc) is 2.54. The zero-order valence-corrected chi connectivity index (χ0v) is 11.2. The molecule has 1 heterocycles. The first-order chi connectivity index (χ1) is 8.41. The van der Waals surface area contributed by atoms with Crippen LogP contribution in [0.2, 0.25) is 0 Å². The van der Waals surface area contributed by atoms with Crippen LogP contribution in [-0.4, -0.2) is 17.9 Å². The zero-order valence-electron chi connectivity index (χ0n) is 11.2. The third-order valence-electron chi connectivity index (χ3n) is 3.04. The lowest BCUT2D eigenvalue weighted by Gasteiger charge is -2.22. The van der Waals surface area contributed by atoms with Gasteiger partial charge in [0.1, 0.15) is 5.54 Å². The molecule has 18 heavy (non-hydrogen) atoms. The largest absolute Gasteiger partial charge is 0.338 e. The second-order valence-corrected chi connectivity index (χ2v) is 5.15. The summed E-state index contributed by atoms with van der Waals surface area (Å²) in [6.45, 7) is 7.84. The van der Waals surface area contributed by atoms with E-state index in [1.165, 1.54) is 0 Å². The number of amides is 1. The predicted octanol–water partition coefficient (Wildman–Crippen LogP) is 1.69. The number of carbonyl (C=O) groups excluding carboxylic acids is 1. The molecule has 0 spiro atoms. The van der Waals surface area contributed by atoms with E-state index in [1.54, 1.807) is 0 Å². The van der Waals surface area contributed by atoms with Crippen LogP contribution in [0.5, 0.6) is 0 Å². The lowest BCUT2D eigenvalue weighted by molar-refractivity contribution is -0.123. The summed E-state index contributed by atoms with van der Waals surface area (Å²) in [6, 6.07) is 8.10. The SMILES string of the molecule is Cc1cccc(C2(C)NC(=NC(C)C)NC2=O)c1. The van der Waals surface area contributed by atoms with Crippen LogP contribution in [0.3, 0.4) is 0 Å². The van der Waals surface area contributed by atoms with Crippen molar-refractivity contribution in [3.05, 3.63) is 35.4 Å². The van der Waals surface area contributed by atoms with E-state index >= 15 is 0 Å². The highest BCUT2D eigenvalue weighted by Gasteiger charge is 2.42. The first kappa shape index (κ1) is 12.6. The van der Waals surface area contributed by atoms with Crippen LogP contribution < -0.4 is 10.6 Å². The topological polar surface area (TPSA) is 53.5 Å². The highest BCUT2D eigenvalue weighted by molar-refractivity contribution is 6.09. The Hall–Kier alpha value is -1.84. The number of aryl methyl sites for hydroxylation is 1. The van der Waals surface area contributed by atoms with E-state index in [0.29, 0.717) is 5.96 Å². The molecule has 1 atom stereocenters. The Labute approximate surface area is 108 Å². The van der Waals surface area contributed by atoms with Crippen molar-refractivity contribution in [3.8, 4) is 0 Å². The van der Waals surface area contributed by atoms with Crippen LogP contribution in [0.1, 0.15) is 31.9 Å². The van der Waals surface area contributed by atoms with Gasteiger partial charge in [-0.3, -0.25) is 15.1 Å². The quantitative estimate of drug-likeness (QED) is 0.833. The molecule has 4 nitrogen and oxygen atoms in total. The second kappa shape index (κ2) is 4.44. The van der Waals surface area contributed by atoms with Crippen LogP contribution in [-0.2, 0) is 10.3 Å². The monoisotopic (exact) mass is 245 g/mol. The molecule has 96 valence electrons. The first-order valence-corrected chi connectivity index (χ1v) is 6.16. The maximum Gasteiger partial charge on any atom is 0.256 e. The van der Waals surface area contributed by atoms with Gasteiger partial charge in [-0.1, -0.05) is 29.8 Å². The maximum atomic E-state index is 12.1. The fourth-order valence-electron chi connectivity index (χ4n) is 2.04. The number of carbonyl (C=O) groups is 1. The molecule has 1 saturated heterocycles. The number of nitrogens with zero attached hydrogens (tertiary/aromatic N) is 1. The van der Waals surface area contributed by atoms with Crippen LogP contribution in [0.15, 0.2) is 29.3 Å². The van der Waals surface area contributed by atoms with Crippen LogP contribution in [0, 0.1) is 6.92 Å². The Morgan fingerprint density at radius 1 is 1.33 bits per heavy atom. The van der Waals surface area contributed by atoms with E-state index in [4.69, 9.17) is 0 Å². The molecule has 0 saturated carbocycles. The maximum absolute atomic E-state index is 12.1. The van der Waals surface area contributed by atoms with Gasteiger partial charge in [0.15, 0.2) is 5.96 Å². The third-order valence-corrected chi connectivity index (χ3v) is 3.04. The van der Waals surface area contributed by atoms with Crippen molar-refractivity contribution in [3.63, 3.8) is 0 Å². The van der Waals surface area contributed by atoms with Gasteiger partial charge in [0, 0.05) is 6.04 Å². The predicted molar refractivity (Wildman–Crippen MR) is 72.4 cm³/mol. The zero-order chi connectivity index (χ0) is 13.3. The molecule has 1 fully saturated rings. The summed E-state index contributed by atoms with van der Waals surface area (Å²) in [5.41, 5.74) is 1.35. The number of aliphatic imine (C=N–C) groups is 1. The highest BCUT2D eigenvalue weighted by Crippen LogP contribution is 2.24. The fourth-order valence-corrected chi connectivity index (χ4v) is 2.04. The molecule has 2 N–H and O–H groups in total. The molecule has 1 aromatic carbocycles. The van der Waals surface area contributed by atoms with E-state index < -0.39 is 5.54 Å². The third kappa shape index (κ3) is 2.23. The van der Waals surface area contributed by atoms with Gasteiger partial charge in [-0.05, 0) is 33.3 Å². The summed E-state index contributed by atoms with van der Waals surface area (Å²) in [5.74, 6) is 0.492. The van der Waals surface area contributed by atoms with Crippen LogP contribution in [0.25, 0.3) is 0 Å². The smallest absolute Gasteiger partial charge is 0.256 e. The summed E-state index contributed by atoms with van der Waals surface area (Å²) in [7, 11) is 0. The van der Waals surface area contributed by atoms with E-state index in [9.17, 15) is 4.79 Å². The Kier molecular flexibility index (Phi) is 3.11. The molecule has 1 unspecified atom stereocenters. The van der Waals surface area contributed by atoms with Gasteiger partial charge in [-0.2, -0.15) is 0 Å². The summed E-state index contributed by atoms with van der Waals surface area (Å²) in [5, 5.41) is 5.97. The second-order valence-electron chi connectivity index (χ2n) is 5.15. The molecular weight excluding hydrogens is 226 g/mol. The minimum Gasteiger partial charge on any atom is -0.338 e. The lowest BCUT2D eigenvalue weighted by Crippen LogP contribution is -2.40. The van der Waals surface area contributed by atoms with E-state index in [-0.39, 0.29) is 11.9 Å². The number of hydrogen-bond donors (Lipinski definition) is 2. The van der Waals surface area contributed by atoms with Gasteiger partial charge in [-0.15, -0.1) is 0 Å². The Morgan fingerprint density at radius 3 is 2.67 bits per heavy atom. The molecule has 1 aliphatic heterocycles. The van der Waals surface area contributed by atoms with Crippen molar-refractivity contribution >= 4 is 11.9 Å².